The summed E-state index contributed by atoms with van der Waals surface area (Å²) in [4.78, 5) is 43.9. The third-order valence-corrected chi connectivity index (χ3v) is 6.47. The molecular formula is C26H50NNa2O8P. The van der Waals surface area contributed by atoms with E-state index in [1.54, 1.807) is 0 Å². The second-order valence-electron chi connectivity index (χ2n) is 9.43. The summed E-state index contributed by atoms with van der Waals surface area (Å²) in [6.45, 7) is 3.68. The summed E-state index contributed by atoms with van der Waals surface area (Å²) in [7, 11) is -5.12. The van der Waals surface area contributed by atoms with Gasteiger partial charge in [-0.05, 0) is 25.8 Å². The molecule has 0 aliphatic carbocycles. The zero-order chi connectivity index (χ0) is 26.7. The fourth-order valence-corrected chi connectivity index (χ4v) is 4.29. The maximum Gasteiger partial charge on any atom is 1.00 e. The zero-order valence-corrected chi connectivity index (χ0v) is 29.3. The molecular weight excluding hydrogens is 531 g/mol. The van der Waals surface area contributed by atoms with Gasteiger partial charge in [0.15, 0.2) is 0 Å². The number of unbranched alkanes of at least 4 members (excludes halogenated alkanes) is 15. The Hall–Kier alpha value is 1.01. The Morgan fingerprint density at radius 2 is 1.32 bits per heavy atom. The number of carbonyl (C=O) groups excluding carboxylic acids is 2. The molecule has 0 aromatic carbocycles. The summed E-state index contributed by atoms with van der Waals surface area (Å²) >= 11 is 0. The molecule has 38 heavy (non-hydrogen) atoms. The van der Waals surface area contributed by atoms with Gasteiger partial charge in [0.1, 0.15) is 6.10 Å². The van der Waals surface area contributed by atoms with Crippen molar-refractivity contribution in [2.24, 2.45) is 0 Å². The molecule has 12 heteroatoms. The number of rotatable bonds is 28. The molecule has 0 heterocycles. The number of ether oxygens (including phenoxy) is 2. The molecule has 0 rings (SSSR count). The van der Waals surface area contributed by atoms with Crippen LogP contribution in [0.15, 0.2) is 0 Å². The predicted octanol–water partition coefficient (Wildman–Crippen LogP) is -1.44. The smallest absolute Gasteiger partial charge is 0.790 e. The molecule has 9 nitrogen and oxygen atoms in total. The van der Waals surface area contributed by atoms with E-state index in [2.05, 4.69) is 21.5 Å². The van der Waals surface area contributed by atoms with E-state index in [4.69, 9.17) is 4.74 Å². The van der Waals surface area contributed by atoms with Gasteiger partial charge in [-0.15, -0.1) is 0 Å². The quantitative estimate of drug-likeness (QED) is 0.0387. The number of phosphoric acid groups is 1. The molecule has 1 N–H and O–H groups in total. The average Bonchev–Trinajstić information content (AvgIpc) is 2.83. The first kappa shape index (κ1) is 43.5. The van der Waals surface area contributed by atoms with Crippen molar-refractivity contribution in [1.82, 2.24) is 5.32 Å². The summed E-state index contributed by atoms with van der Waals surface area (Å²) in [5.74, 6) is -0.391. The average molecular weight is 582 g/mol. The summed E-state index contributed by atoms with van der Waals surface area (Å²) in [5.41, 5.74) is 0. The monoisotopic (exact) mass is 581 g/mol. The Balaban J connectivity index is -0.00000612. The van der Waals surface area contributed by atoms with Gasteiger partial charge in [-0.25, -0.2) is 0 Å². The SMILES string of the molecule is CCCCCCCCCCCC(=O)O[C@@H](CNCCCCCCCCCCOC=O)COP(=O)([O-])[O-].[Na+].[Na+]. The Kier molecular flexibility index (Phi) is 37.2. The third kappa shape index (κ3) is 35.0. The van der Waals surface area contributed by atoms with Crippen molar-refractivity contribution in [3.8, 4) is 0 Å². The van der Waals surface area contributed by atoms with Crippen LogP contribution in [-0.4, -0.2) is 44.8 Å². The molecule has 0 aliphatic heterocycles. The molecule has 1 atom stereocenters. The Labute approximate surface area is 275 Å². The second-order valence-corrected chi connectivity index (χ2v) is 10.6. The van der Waals surface area contributed by atoms with Crippen molar-refractivity contribution in [2.75, 3.05) is 26.3 Å². The number of nitrogens with one attached hydrogen (secondary N) is 1. The summed E-state index contributed by atoms with van der Waals surface area (Å²) in [6, 6.07) is 0. The van der Waals surface area contributed by atoms with Crippen LogP contribution in [0.4, 0.5) is 0 Å². The van der Waals surface area contributed by atoms with Crippen LogP contribution in [0.5, 0.6) is 0 Å². The van der Waals surface area contributed by atoms with Gasteiger partial charge in [-0.3, -0.25) is 9.59 Å². The van der Waals surface area contributed by atoms with E-state index in [1.165, 1.54) is 38.5 Å². The van der Waals surface area contributed by atoms with Crippen LogP contribution in [-0.2, 0) is 28.2 Å². The predicted molar refractivity (Wildman–Crippen MR) is 137 cm³/mol. The molecule has 0 saturated carbocycles. The Bertz CT molecular complexity index is 569. The van der Waals surface area contributed by atoms with E-state index >= 15 is 0 Å². The van der Waals surface area contributed by atoms with Crippen molar-refractivity contribution in [3.63, 3.8) is 0 Å². The fraction of sp³-hybridized carbons (Fsp3) is 0.923. The van der Waals surface area contributed by atoms with E-state index in [0.29, 0.717) is 19.6 Å². The van der Waals surface area contributed by atoms with Crippen LogP contribution in [0.1, 0.15) is 122 Å². The minimum absolute atomic E-state index is 0. The first-order valence-electron chi connectivity index (χ1n) is 14.0. The summed E-state index contributed by atoms with van der Waals surface area (Å²) in [6.07, 6.45) is 18.4. The number of hydrogen-bond acceptors (Lipinski definition) is 9. The van der Waals surface area contributed by atoms with Gasteiger partial charge in [-0.1, -0.05) is 96.8 Å². The molecule has 214 valence electrons. The minimum atomic E-state index is -5.12. The molecule has 0 saturated heterocycles. The molecule has 0 aromatic heterocycles. The van der Waals surface area contributed by atoms with Crippen LogP contribution in [0.3, 0.4) is 0 Å². The van der Waals surface area contributed by atoms with E-state index in [9.17, 15) is 23.9 Å². The van der Waals surface area contributed by atoms with Crippen LogP contribution >= 0.6 is 7.82 Å². The van der Waals surface area contributed by atoms with E-state index < -0.39 is 26.5 Å². The van der Waals surface area contributed by atoms with Crippen molar-refractivity contribution in [1.29, 1.82) is 0 Å². The Morgan fingerprint density at radius 3 is 1.84 bits per heavy atom. The standard InChI is InChI=1S/C26H52NO8P.2Na/c1-2-3-4-5-6-7-10-13-16-19-26(29)35-25(23-34-36(30,31)32)22-27-20-17-14-11-8-9-12-15-18-21-33-24-28;;/h24-25,27H,2-23H2,1H3,(H2,30,31,32);;/q;2*+1/p-2/t25-;;/m0../s1. The van der Waals surface area contributed by atoms with Crippen LogP contribution in [0.2, 0.25) is 0 Å². The Morgan fingerprint density at radius 1 is 0.816 bits per heavy atom. The van der Waals surface area contributed by atoms with E-state index in [-0.39, 0.29) is 72.1 Å². The van der Waals surface area contributed by atoms with Crippen molar-refractivity contribution in [2.45, 2.75) is 129 Å². The van der Waals surface area contributed by atoms with Gasteiger partial charge >= 0.3 is 65.1 Å². The molecule has 0 bridgehead atoms. The second kappa shape index (κ2) is 32.5. The van der Waals surface area contributed by atoms with Crippen molar-refractivity contribution in [3.05, 3.63) is 0 Å². The summed E-state index contributed by atoms with van der Waals surface area (Å²) < 4.78 is 25.2. The van der Waals surface area contributed by atoms with Crippen molar-refractivity contribution < 1.29 is 97.1 Å². The fourth-order valence-electron chi connectivity index (χ4n) is 3.94. The van der Waals surface area contributed by atoms with Crippen molar-refractivity contribution >= 4 is 20.3 Å². The van der Waals surface area contributed by atoms with Gasteiger partial charge in [0.05, 0.1) is 21.0 Å². The first-order valence-corrected chi connectivity index (χ1v) is 15.5. The van der Waals surface area contributed by atoms with Gasteiger partial charge in [-0.2, -0.15) is 0 Å². The third-order valence-electron chi connectivity index (χ3n) is 6.01. The van der Waals surface area contributed by atoms with Crippen LogP contribution in [0, 0.1) is 0 Å². The molecule has 0 aliphatic rings. The van der Waals surface area contributed by atoms with Gasteiger partial charge < -0.3 is 33.7 Å². The molecule has 0 amide bonds. The first-order chi connectivity index (χ1) is 17.4. The largest absolute Gasteiger partial charge is 1.00 e. The van der Waals surface area contributed by atoms with E-state index in [0.717, 1.165) is 70.6 Å². The molecule has 0 fully saturated rings. The minimum Gasteiger partial charge on any atom is -0.790 e. The molecule has 0 unspecified atom stereocenters. The molecule has 0 radical (unpaired) electrons. The van der Waals surface area contributed by atoms with Gasteiger partial charge in [0.2, 0.25) is 0 Å². The number of hydrogen-bond donors (Lipinski definition) is 1. The summed E-state index contributed by atoms with van der Waals surface area (Å²) in [5, 5.41) is 3.17. The maximum absolute atomic E-state index is 12.2. The van der Waals surface area contributed by atoms with Gasteiger partial charge in [0.25, 0.3) is 6.47 Å². The number of carbonyl (C=O) groups is 2. The van der Waals surface area contributed by atoms with E-state index in [1.807, 2.05) is 0 Å². The van der Waals surface area contributed by atoms with Crippen LogP contribution < -0.4 is 74.2 Å². The number of esters is 1. The number of phosphoric ester groups is 1. The van der Waals surface area contributed by atoms with Gasteiger partial charge in [0, 0.05) is 13.0 Å². The van der Waals surface area contributed by atoms with Crippen LogP contribution in [0.25, 0.3) is 0 Å². The molecule has 0 aromatic rings. The topological polar surface area (TPSA) is 137 Å². The molecule has 0 spiro atoms. The zero-order valence-electron chi connectivity index (χ0n) is 24.4. The maximum atomic E-state index is 12.2. The normalized spacial score (nSPS) is 11.8.